The summed E-state index contributed by atoms with van der Waals surface area (Å²) in [6.45, 7) is 4.10. The molecule has 0 saturated carbocycles. The molecule has 4 unspecified atom stereocenters. The van der Waals surface area contributed by atoms with E-state index in [2.05, 4.69) is 31.3 Å². The molecule has 0 aliphatic rings. The van der Waals surface area contributed by atoms with Gasteiger partial charge in [0.1, 0.15) is 12.2 Å². The van der Waals surface area contributed by atoms with E-state index in [-0.39, 0.29) is 0 Å². The lowest BCUT2D eigenvalue weighted by Gasteiger charge is -2.27. The molecule has 0 spiro atoms. The van der Waals surface area contributed by atoms with Crippen molar-refractivity contribution >= 4 is 5.91 Å². The third kappa shape index (κ3) is 51.7. The number of rotatable bonds is 59. The van der Waals surface area contributed by atoms with Crippen LogP contribution in [0, 0.1) is 0 Å². The van der Waals surface area contributed by atoms with E-state index in [1.54, 1.807) is 0 Å². The summed E-state index contributed by atoms with van der Waals surface area (Å²) in [6.07, 6.45) is 70.3. The molecule has 0 rings (SSSR count). The van der Waals surface area contributed by atoms with Crippen molar-refractivity contribution in [2.75, 3.05) is 6.61 Å². The van der Waals surface area contributed by atoms with Gasteiger partial charge >= 0.3 is 0 Å². The van der Waals surface area contributed by atoms with Gasteiger partial charge in [-0.3, -0.25) is 4.79 Å². The van der Waals surface area contributed by atoms with Crippen molar-refractivity contribution in [3.8, 4) is 0 Å². The number of hydrogen-bond donors (Lipinski definition) is 5. The lowest BCUT2D eigenvalue weighted by atomic mass is 10.00. The first-order valence-electron chi connectivity index (χ1n) is 31.6. The average molecular weight is 977 g/mol. The van der Waals surface area contributed by atoms with Crippen LogP contribution < -0.4 is 5.32 Å². The highest BCUT2D eigenvalue weighted by Gasteiger charge is 2.28. The van der Waals surface area contributed by atoms with Gasteiger partial charge < -0.3 is 25.7 Å². The van der Waals surface area contributed by atoms with Gasteiger partial charge in [-0.15, -0.1) is 0 Å². The number of carbonyl (C=O) groups excluding carboxylic acids is 1. The number of hydrogen-bond acceptors (Lipinski definition) is 5. The van der Waals surface area contributed by atoms with Crippen molar-refractivity contribution < 1.29 is 25.2 Å². The summed E-state index contributed by atoms with van der Waals surface area (Å²) in [4.78, 5) is 12.6. The normalized spacial score (nSPS) is 13.7. The summed E-state index contributed by atoms with van der Waals surface area (Å²) in [6, 6.07) is -0.999. The van der Waals surface area contributed by atoms with Gasteiger partial charge in [0.05, 0.1) is 18.8 Å². The molecule has 0 radical (unpaired) electrons. The third-order valence-corrected chi connectivity index (χ3v) is 15.2. The molecule has 412 valence electrons. The van der Waals surface area contributed by atoms with Crippen LogP contribution in [-0.4, -0.2) is 57.3 Å². The zero-order chi connectivity index (χ0) is 50.2. The third-order valence-electron chi connectivity index (χ3n) is 15.2. The minimum absolute atomic E-state index is 0.369. The zero-order valence-corrected chi connectivity index (χ0v) is 46.8. The van der Waals surface area contributed by atoms with Crippen LogP contribution in [0.15, 0.2) is 12.2 Å². The SMILES string of the molecule is CCCCCCCCCCCCCCCCCCCCCCCCCCCC/C=C/CCCC(O)C(O)C(CO)NC(=O)C(O)CCCCCCCCCCCCCCCCCCCCCCCC. The fraction of sp³-hybridized carbons (Fsp3) is 0.952. The van der Waals surface area contributed by atoms with Crippen molar-refractivity contribution in [3.63, 3.8) is 0 Å². The van der Waals surface area contributed by atoms with E-state index in [1.165, 1.54) is 289 Å². The molecule has 0 saturated heterocycles. The number of nitrogens with one attached hydrogen (secondary N) is 1. The highest BCUT2D eigenvalue weighted by molar-refractivity contribution is 5.80. The zero-order valence-electron chi connectivity index (χ0n) is 46.8. The Hall–Kier alpha value is -0.950. The number of allylic oxidation sites excluding steroid dienone is 2. The van der Waals surface area contributed by atoms with Gasteiger partial charge in [-0.05, 0) is 38.5 Å². The molecule has 0 aromatic carbocycles. The summed E-state index contributed by atoms with van der Waals surface area (Å²) < 4.78 is 0. The fourth-order valence-corrected chi connectivity index (χ4v) is 10.3. The first-order chi connectivity index (χ1) is 34.0. The molecule has 0 aliphatic carbocycles. The molecule has 0 bridgehead atoms. The molecule has 0 heterocycles. The lowest BCUT2D eigenvalue weighted by Crippen LogP contribution is -2.53. The maximum absolute atomic E-state index is 12.6. The van der Waals surface area contributed by atoms with Crippen LogP contribution in [0.1, 0.15) is 354 Å². The molecule has 5 N–H and O–H groups in total. The predicted molar refractivity (Wildman–Crippen MR) is 302 cm³/mol. The first kappa shape index (κ1) is 68.0. The van der Waals surface area contributed by atoms with E-state index in [0.29, 0.717) is 12.8 Å². The molecule has 0 aromatic heterocycles. The quantitative estimate of drug-likeness (QED) is 0.0308. The van der Waals surface area contributed by atoms with Crippen LogP contribution in [-0.2, 0) is 4.79 Å². The van der Waals surface area contributed by atoms with Crippen molar-refractivity contribution in [2.24, 2.45) is 0 Å². The van der Waals surface area contributed by atoms with Crippen molar-refractivity contribution in [2.45, 2.75) is 379 Å². The maximum Gasteiger partial charge on any atom is 0.249 e. The van der Waals surface area contributed by atoms with Gasteiger partial charge in [-0.25, -0.2) is 0 Å². The van der Waals surface area contributed by atoms with Gasteiger partial charge in [-0.1, -0.05) is 328 Å². The van der Waals surface area contributed by atoms with Crippen LogP contribution >= 0.6 is 0 Å². The van der Waals surface area contributed by atoms with Gasteiger partial charge in [0, 0.05) is 0 Å². The smallest absolute Gasteiger partial charge is 0.249 e. The van der Waals surface area contributed by atoms with E-state index in [1.807, 2.05) is 0 Å². The summed E-state index contributed by atoms with van der Waals surface area (Å²) in [5.41, 5.74) is 0. The summed E-state index contributed by atoms with van der Waals surface area (Å²) in [7, 11) is 0. The van der Waals surface area contributed by atoms with Gasteiger partial charge in [0.2, 0.25) is 5.91 Å². The standard InChI is InChI=1S/C63H125NO5/c1-3-5-7-9-11-13-15-17-19-21-23-25-27-28-29-30-31-32-33-34-35-37-38-40-42-44-46-48-50-52-54-56-60(66)62(68)59(58-65)64-63(69)61(67)57-55-53-51-49-47-45-43-41-39-36-26-24-22-20-18-16-14-12-10-8-6-4-2/h48,50,59-62,65-68H,3-47,49,51-58H2,1-2H3,(H,64,69)/b50-48+. The van der Waals surface area contributed by atoms with E-state index in [9.17, 15) is 25.2 Å². The minimum Gasteiger partial charge on any atom is -0.394 e. The highest BCUT2D eigenvalue weighted by Crippen LogP contribution is 2.19. The minimum atomic E-state index is -1.28. The fourth-order valence-electron chi connectivity index (χ4n) is 10.3. The Morgan fingerprint density at radius 3 is 0.870 bits per heavy atom. The Morgan fingerprint density at radius 1 is 0.348 bits per heavy atom. The lowest BCUT2D eigenvalue weighted by molar-refractivity contribution is -0.132. The molecule has 69 heavy (non-hydrogen) atoms. The topological polar surface area (TPSA) is 110 Å². The average Bonchev–Trinajstić information content (AvgIpc) is 3.35. The second kappa shape index (κ2) is 57.9. The monoisotopic (exact) mass is 976 g/mol. The molecule has 4 atom stereocenters. The maximum atomic E-state index is 12.6. The Labute approximate surface area is 432 Å². The predicted octanol–water partition coefficient (Wildman–Crippen LogP) is 18.8. The van der Waals surface area contributed by atoms with E-state index in [0.717, 1.165) is 38.5 Å². The summed E-state index contributed by atoms with van der Waals surface area (Å²) >= 11 is 0. The van der Waals surface area contributed by atoms with Crippen LogP contribution in [0.25, 0.3) is 0 Å². The number of amides is 1. The Morgan fingerprint density at radius 2 is 0.594 bits per heavy atom. The Kier molecular flexibility index (Phi) is 57.1. The number of aliphatic hydroxyl groups excluding tert-OH is 4. The van der Waals surface area contributed by atoms with Crippen molar-refractivity contribution in [1.82, 2.24) is 5.32 Å². The van der Waals surface area contributed by atoms with Crippen LogP contribution in [0.3, 0.4) is 0 Å². The number of carbonyl (C=O) groups is 1. The first-order valence-corrected chi connectivity index (χ1v) is 31.6. The van der Waals surface area contributed by atoms with Gasteiger partial charge in [0.25, 0.3) is 0 Å². The van der Waals surface area contributed by atoms with E-state index < -0.39 is 36.9 Å². The second-order valence-electron chi connectivity index (χ2n) is 22.1. The Balaban J connectivity index is 3.57. The number of unbranched alkanes of at least 4 members (excludes halogenated alkanes) is 48. The largest absolute Gasteiger partial charge is 0.394 e. The van der Waals surface area contributed by atoms with E-state index in [4.69, 9.17) is 0 Å². The molecular formula is C63H125NO5. The Bertz CT molecular complexity index is 1010. The second-order valence-corrected chi connectivity index (χ2v) is 22.1. The van der Waals surface area contributed by atoms with Crippen molar-refractivity contribution in [1.29, 1.82) is 0 Å². The van der Waals surface area contributed by atoms with Crippen LogP contribution in [0.2, 0.25) is 0 Å². The molecular weight excluding hydrogens is 851 g/mol. The molecule has 6 nitrogen and oxygen atoms in total. The van der Waals surface area contributed by atoms with E-state index >= 15 is 0 Å². The molecule has 0 aromatic rings. The van der Waals surface area contributed by atoms with Gasteiger partial charge in [-0.2, -0.15) is 0 Å². The number of aliphatic hydroxyl groups is 4. The van der Waals surface area contributed by atoms with Crippen molar-refractivity contribution in [3.05, 3.63) is 12.2 Å². The van der Waals surface area contributed by atoms with Gasteiger partial charge in [0.15, 0.2) is 0 Å². The molecule has 6 heteroatoms. The summed E-state index contributed by atoms with van der Waals surface area (Å²) in [5.74, 6) is -0.585. The van der Waals surface area contributed by atoms with Crippen LogP contribution in [0.5, 0.6) is 0 Å². The molecule has 0 fully saturated rings. The molecule has 1 amide bonds. The summed E-state index contributed by atoms with van der Waals surface area (Å²) in [5, 5.41) is 44.1. The highest BCUT2D eigenvalue weighted by atomic mass is 16.3. The molecule has 0 aliphatic heterocycles. The van der Waals surface area contributed by atoms with Crippen LogP contribution in [0.4, 0.5) is 0 Å².